The minimum Gasteiger partial charge on any atom is -0.369 e. The fraction of sp³-hybridized carbons (Fsp3) is 0.538. The Kier molecular flexibility index (Phi) is 5.74. The van der Waals surface area contributed by atoms with Gasteiger partial charge in [0.1, 0.15) is 0 Å². The van der Waals surface area contributed by atoms with Gasteiger partial charge in [-0.1, -0.05) is 13.8 Å². The van der Waals surface area contributed by atoms with E-state index in [1.54, 1.807) is 6.20 Å². The lowest BCUT2D eigenvalue weighted by Gasteiger charge is -2.22. The lowest BCUT2D eigenvalue weighted by Crippen LogP contribution is -2.35. The Balaban J connectivity index is 2.71. The Bertz CT molecular complexity index is 392. The van der Waals surface area contributed by atoms with Gasteiger partial charge in [-0.2, -0.15) is 0 Å². The van der Waals surface area contributed by atoms with E-state index in [0.29, 0.717) is 19.0 Å². The highest BCUT2D eigenvalue weighted by atomic mass is 16.1. The molecule has 0 saturated heterocycles. The summed E-state index contributed by atoms with van der Waals surface area (Å²) in [7, 11) is 0. The number of carbonyl (C=O) groups is 1. The standard InChI is InChI=1S/C13H22N4O/c1-10(2)7-17(9-13(15)18)8-11-3-4-16-12(5-11)6-14/h3-5,10H,6-9,14H2,1-2H3,(H2,15,18). The van der Waals surface area contributed by atoms with Crippen molar-refractivity contribution < 1.29 is 4.79 Å². The van der Waals surface area contributed by atoms with Crippen LogP contribution in [0, 0.1) is 5.92 Å². The second-order valence-electron chi connectivity index (χ2n) is 4.89. The Morgan fingerprint density at radius 3 is 2.78 bits per heavy atom. The van der Waals surface area contributed by atoms with Crippen LogP contribution in [0.4, 0.5) is 0 Å². The number of amides is 1. The fourth-order valence-corrected chi connectivity index (χ4v) is 1.92. The molecule has 0 saturated carbocycles. The molecule has 0 radical (unpaired) electrons. The minimum absolute atomic E-state index is 0.276. The molecule has 18 heavy (non-hydrogen) atoms. The van der Waals surface area contributed by atoms with Crippen LogP contribution in [0.25, 0.3) is 0 Å². The molecule has 1 aromatic rings. The van der Waals surface area contributed by atoms with Crippen molar-refractivity contribution in [3.05, 3.63) is 29.6 Å². The lowest BCUT2D eigenvalue weighted by atomic mass is 10.1. The van der Waals surface area contributed by atoms with Gasteiger partial charge in [-0.3, -0.25) is 14.7 Å². The van der Waals surface area contributed by atoms with Gasteiger partial charge in [-0.15, -0.1) is 0 Å². The van der Waals surface area contributed by atoms with Crippen LogP contribution < -0.4 is 11.5 Å². The Labute approximate surface area is 108 Å². The van der Waals surface area contributed by atoms with Gasteiger partial charge in [-0.25, -0.2) is 0 Å². The molecule has 4 N–H and O–H groups in total. The summed E-state index contributed by atoms with van der Waals surface area (Å²) in [6.07, 6.45) is 1.75. The van der Waals surface area contributed by atoms with Gasteiger partial charge in [-0.05, 0) is 23.6 Å². The van der Waals surface area contributed by atoms with Gasteiger partial charge in [0.2, 0.25) is 5.91 Å². The maximum atomic E-state index is 11.1. The van der Waals surface area contributed by atoms with Gasteiger partial charge in [0, 0.05) is 25.8 Å². The number of nitrogens with two attached hydrogens (primary N) is 2. The SMILES string of the molecule is CC(C)CN(CC(N)=O)Cc1ccnc(CN)c1. The zero-order chi connectivity index (χ0) is 13.5. The lowest BCUT2D eigenvalue weighted by molar-refractivity contribution is -0.119. The quantitative estimate of drug-likeness (QED) is 0.737. The minimum atomic E-state index is -0.302. The fourth-order valence-electron chi connectivity index (χ4n) is 1.92. The monoisotopic (exact) mass is 250 g/mol. The summed E-state index contributed by atoms with van der Waals surface area (Å²) >= 11 is 0. The van der Waals surface area contributed by atoms with Crippen molar-refractivity contribution in [1.82, 2.24) is 9.88 Å². The van der Waals surface area contributed by atoms with Crippen molar-refractivity contribution >= 4 is 5.91 Å². The zero-order valence-electron chi connectivity index (χ0n) is 11.1. The molecule has 0 atom stereocenters. The zero-order valence-corrected chi connectivity index (χ0v) is 11.1. The summed E-state index contributed by atoms with van der Waals surface area (Å²) in [6.45, 7) is 6.46. The summed E-state index contributed by atoms with van der Waals surface area (Å²) in [5, 5.41) is 0. The molecule has 0 aliphatic heterocycles. The van der Waals surface area contributed by atoms with E-state index in [-0.39, 0.29) is 12.5 Å². The van der Waals surface area contributed by atoms with Crippen molar-refractivity contribution in [2.75, 3.05) is 13.1 Å². The van der Waals surface area contributed by atoms with E-state index in [2.05, 4.69) is 18.8 Å². The van der Waals surface area contributed by atoms with Crippen LogP contribution in [0.2, 0.25) is 0 Å². The number of rotatable bonds is 7. The molecule has 1 amide bonds. The second-order valence-corrected chi connectivity index (χ2v) is 4.89. The topological polar surface area (TPSA) is 85.2 Å². The van der Waals surface area contributed by atoms with Gasteiger partial charge >= 0.3 is 0 Å². The van der Waals surface area contributed by atoms with Gasteiger partial charge in [0.25, 0.3) is 0 Å². The Hall–Kier alpha value is -1.46. The summed E-state index contributed by atoms with van der Waals surface area (Å²) in [4.78, 5) is 17.2. The summed E-state index contributed by atoms with van der Waals surface area (Å²) in [5.74, 6) is 0.184. The van der Waals surface area contributed by atoms with Gasteiger partial charge < -0.3 is 11.5 Å². The van der Waals surface area contributed by atoms with E-state index in [9.17, 15) is 4.79 Å². The van der Waals surface area contributed by atoms with Crippen LogP contribution in [-0.2, 0) is 17.9 Å². The number of primary amides is 1. The third kappa shape index (κ3) is 5.25. The molecule has 0 bridgehead atoms. The van der Waals surface area contributed by atoms with E-state index >= 15 is 0 Å². The molecule has 0 aliphatic carbocycles. The maximum absolute atomic E-state index is 11.1. The number of nitrogens with zero attached hydrogens (tertiary/aromatic N) is 2. The number of pyridine rings is 1. The summed E-state index contributed by atoms with van der Waals surface area (Å²) in [6, 6.07) is 3.90. The normalized spacial score (nSPS) is 11.2. The van der Waals surface area contributed by atoms with Crippen LogP contribution in [0.1, 0.15) is 25.1 Å². The first-order chi connectivity index (χ1) is 8.51. The molecule has 1 rings (SSSR count). The molecule has 5 heteroatoms. The number of carbonyl (C=O) groups excluding carboxylic acids is 1. The molecular formula is C13H22N4O. The van der Waals surface area contributed by atoms with Crippen LogP contribution >= 0.6 is 0 Å². The first-order valence-corrected chi connectivity index (χ1v) is 6.15. The van der Waals surface area contributed by atoms with E-state index < -0.39 is 0 Å². The molecule has 0 unspecified atom stereocenters. The van der Waals surface area contributed by atoms with E-state index in [4.69, 9.17) is 11.5 Å². The number of hydrogen-bond donors (Lipinski definition) is 2. The van der Waals surface area contributed by atoms with Crippen molar-refractivity contribution in [1.29, 1.82) is 0 Å². The third-order valence-electron chi connectivity index (χ3n) is 2.50. The highest BCUT2D eigenvalue weighted by Gasteiger charge is 2.11. The first-order valence-electron chi connectivity index (χ1n) is 6.15. The number of aromatic nitrogens is 1. The van der Waals surface area contributed by atoms with Crippen LogP contribution in [0.15, 0.2) is 18.3 Å². The average Bonchev–Trinajstić information content (AvgIpc) is 2.27. The second kappa shape index (κ2) is 7.08. The largest absolute Gasteiger partial charge is 0.369 e. The molecule has 1 heterocycles. The Morgan fingerprint density at radius 1 is 1.50 bits per heavy atom. The maximum Gasteiger partial charge on any atom is 0.231 e. The summed E-state index contributed by atoms with van der Waals surface area (Å²) in [5.41, 5.74) is 12.8. The average molecular weight is 250 g/mol. The molecule has 0 spiro atoms. The highest BCUT2D eigenvalue weighted by Crippen LogP contribution is 2.08. The van der Waals surface area contributed by atoms with Crippen LogP contribution in [0.3, 0.4) is 0 Å². The molecule has 100 valence electrons. The predicted molar refractivity (Wildman–Crippen MR) is 71.4 cm³/mol. The molecular weight excluding hydrogens is 228 g/mol. The van der Waals surface area contributed by atoms with E-state index in [0.717, 1.165) is 17.8 Å². The summed E-state index contributed by atoms with van der Waals surface area (Å²) < 4.78 is 0. The van der Waals surface area contributed by atoms with Crippen LogP contribution in [0.5, 0.6) is 0 Å². The van der Waals surface area contributed by atoms with Crippen molar-refractivity contribution in [2.24, 2.45) is 17.4 Å². The first kappa shape index (κ1) is 14.6. The predicted octanol–water partition coefficient (Wildman–Crippen LogP) is 0.484. The van der Waals surface area contributed by atoms with E-state index in [1.807, 2.05) is 17.0 Å². The van der Waals surface area contributed by atoms with Gasteiger partial charge in [0.05, 0.1) is 12.2 Å². The van der Waals surface area contributed by atoms with Crippen molar-refractivity contribution in [2.45, 2.75) is 26.9 Å². The van der Waals surface area contributed by atoms with E-state index in [1.165, 1.54) is 0 Å². The van der Waals surface area contributed by atoms with Crippen molar-refractivity contribution in [3.63, 3.8) is 0 Å². The molecule has 0 aromatic carbocycles. The smallest absolute Gasteiger partial charge is 0.231 e. The van der Waals surface area contributed by atoms with Gasteiger partial charge in [0.15, 0.2) is 0 Å². The molecule has 0 aliphatic rings. The highest BCUT2D eigenvalue weighted by molar-refractivity contribution is 5.75. The Morgan fingerprint density at radius 2 is 2.22 bits per heavy atom. The van der Waals surface area contributed by atoms with Crippen molar-refractivity contribution in [3.8, 4) is 0 Å². The third-order valence-corrected chi connectivity index (χ3v) is 2.50. The molecule has 5 nitrogen and oxygen atoms in total. The molecule has 1 aromatic heterocycles. The molecule has 0 fully saturated rings. The number of hydrogen-bond acceptors (Lipinski definition) is 4. The van der Waals surface area contributed by atoms with Crippen LogP contribution in [-0.4, -0.2) is 28.9 Å².